The maximum atomic E-state index is 12.2. The van der Waals surface area contributed by atoms with E-state index in [0.717, 1.165) is 13.1 Å². The summed E-state index contributed by atoms with van der Waals surface area (Å²) in [5, 5.41) is -0.408. The molecule has 0 saturated heterocycles. The van der Waals surface area contributed by atoms with Gasteiger partial charge in [-0.05, 0) is 55.6 Å². The minimum absolute atomic E-state index is 0.104. The van der Waals surface area contributed by atoms with E-state index in [1.165, 1.54) is 23.5 Å². The molecule has 1 aromatic carbocycles. The smallest absolute Gasteiger partial charge is 0.387 e. The van der Waals surface area contributed by atoms with E-state index in [2.05, 4.69) is 36.6 Å². The van der Waals surface area contributed by atoms with E-state index in [9.17, 15) is 8.78 Å². The fourth-order valence-electron chi connectivity index (χ4n) is 1.50. The summed E-state index contributed by atoms with van der Waals surface area (Å²) in [6.07, 6.45) is 0. The second-order valence-corrected chi connectivity index (χ2v) is 7.28. The SMILES string of the molecule is FC(F)Oc1cccc(C(Cl)c2cc(Br)c(Br)s2)c1. The van der Waals surface area contributed by atoms with Gasteiger partial charge in [0.15, 0.2) is 0 Å². The monoisotopic (exact) mass is 430 g/mol. The van der Waals surface area contributed by atoms with Crippen LogP contribution in [-0.2, 0) is 0 Å². The molecule has 7 heteroatoms. The second-order valence-electron chi connectivity index (χ2n) is 3.58. The largest absolute Gasteiger partial charge is 0.435 e. The Morgan fingerprint density at radius 2 is 1.95 bits per heavy atom. The first-order chi connectivity index (χ1) is 8.97. The number of alkyl halides is 3. The zero-order valence-electron chi connectivity index (χ0n) is 9.25. The summed E-state index contributed by atoms with van der Waals surface area (Å²) < 4.78 is 30.5. The van der Waals surface area contributed by atoms with Crippen molar-refractivity contribution in [1.29, 1.82) is 0 Å². The van der Waals surface area contributed by atoms with Crippen molar-refractivity contribution in [3.63, 3.8) is 0 Å². The molecule has 1 unspecified atom stereocenters. The number of hydrogen-bond donors (Lipinski definition) is 0. The molecule has 2 aromatic rings. The molecule has 1 nitrogen and oxygen atoms in total. The third kappa shape index (κ3) is 3.90. The van der Waals surface area contributed by atoms with Crippen molar-refractivity contribution < 1.29 is 13.5 Å². The number of thiophene rings is 1. The lowest BCUT2D eigenvalue weighted by Crippen LogP contribution is -2.02. The molecule has 1 aromatic heterocycles. The summed E-state index contributed by atoms with van der Waals surface area (Å²) >= 11 is 14.6. The molecular formula is C12H7Br2ClF2OS. The molecule has 2 rings (SSSR count). The minimum Gasteiger partial charge on any atom is -0.435 e. The van der Waals surface area contributed by atoms with Crippen LogP contribution < -0.4 is 4.74 Å². The molecular weight excluding hydrogens is 425 g/mol. The number of hydrogen-bond acceptors (Lipinski definition) is 2. The van der Waals surface area contributed by atoms with E-state index in [0.29, 0.717) is 5.56 Å². The zero-order chi connectivity index (χ0) is 14.0. The average molecular weight is 433 g/mol. The van der Waals surface area contributed by atoms with E-state index in [4.69, 9.17) is 11.6 Å². The standard InChI is InChI=1S/C12H7Br2ClF2OS/c13-8-5-9(19-11(8)14)10(15)6-2-1-3-7(4-6)18-12(16)17/h1-5,10,12H. The Hall–Kier alpha value is -0.170. The first kappa shape index (κ1) is 15.2. The van der Waals surface area contributed by atoms with Crippen LogP contribution in [0.15, 0.2) is 38.6 Å². The van der Waals surface area contributed by atoms with Crippen LogP contribution in [0.3, 0.4) is 0 Å². The predicted octanol–water partition coefficient (Wildman–Crippen LogP) is 6.20. The highest BCUT2D eigenvalue weighted by molar-refractivity contribution is 9.13. The summed E-state index contributed by atoms with van der Waals surface area (Å²) in [7, 11) is 0. The lowest BCUT2D eigenvalue weighted by molar-refractivity contribution is -0.0498. The Bertz CT molecular complexity index is 557. The van der Waals surface area contributed by atoms with Crippen molar-refractivity contribution >= 4 is 54.8 Å². The number of ether oxygens (including phenoxy) is 1. The van der Waals surface area contributed by atoms with Crippen LogP contribution in [0.5, 0.6) is 5.75 Å². The fraction of sp³-hybridized carbons (Fsp3) is 0.167. The van der Waals surface area contributed by atoms with E-state index < -0.39 is 12.0 Å². The Labute approximate surface area is 134 Å². The first-order valence-electron chi connectivity index (χ1n) is 5.11. The normalized spacial score (nSPS) is 12.7. The topological polar surface area (TPSA) is 9.23 Å². The molecule has 0 bridgehead atoms. The maximum Gasteiger partial charge on any atom is 0.387 e. The van der Waals surface area contributed by atoms with Crippen LogP contribution >= 0.6 is 54.8 Å². The molecule has 0 N–H and O–H groups in total. The Morgan fingerprint density at radius 1 is 1.21 bits per heavy atom. The van der Waals surface area contributed by atoms with Gasteiger partial charge in [0.2, 0.25) is 0 Å². The van der Waals surface area contributed by atoms with Crippen molar-refractivity contribution in [1.82, 2.24) is 0 Å². The lowest BCUT2D eigenvalue weighted by Gasteiger charge is -2.10. The summed E-state index contributed by atoms with van der Waals surface area (Å²) in [4.78, 5) is 0.912. The molecule has 0 aliphatic heterocycles. The molecule has 0 radical (unpaired) electrons. The molecule has 19 heavy (non-hydrogen) atoms. The molecule has 0 amide bonds. The maximum absolute atomic E-state index is 12.2. The van der Waals surface area contributed by atoms with Gasteiger partial charge in [0, 0.05) is 9.35 Å². The highest BCUT2D eigenvalue weighted by Gasteiger charge is 2.16. The quantitative estimate of drug-likeness (QED) is 0.523. The third-order valence-electron chi connectivity index (χ3n) is 2.29. The van der Waals surface area contributed by atoms with Crippen molar-refractivity contribution in [2.45, 2.75) is 12.0 Å². The number of benzene rings is 1. The Morgan fingerprint density at radius 3 is 2.53 bits per heavy atom. The number of rotatable bonds is 4. The van der Waals surface area contributed by atoms with Crippen molar-refractivity contribution in [3.8, 4) is 5.75 Å². The van der Waals surface area contributed by atoms with Gasteiger partial charge < -0.3 is 4.74 Å². The van der Waals surface area contributed by atoms with Gasteiger partial charge in [0.1, 0.15) is 5.75 Å². The molecule has 0 saturated carbocycles. The van der Waals surface area contributed by atoms with Crippen LogP contribution in [0.2, 0.25) is 0 Å². The highest BCUT2D eigenvalue weighted by atomic mass is 79.9. The number of halogens is 5. The van der Waals surface area contributed by atoms with Crippen LogP contribution in [0.1, 0.15) is 15.8 Å². The van der Waals surface area contributed by atoms with Crippen LogP contribution in [0.25, 0.3) is 0 Å². The van der Waals surface area contributed by atoms with Crippen LogP contribution in [-0.4, -0.2) is 6.61 Å². The van der Waals surface area contributed by atoms with Gasteiger partial charge in [-0.15, -0.1) is 22.9 Å². The molecule has 1 atom stereocenters. The molecule has 0 spiro atoms. The molecule has 0 aliphatic rings. The van der Waals surface area contributed by atoms with E-state index in [1.54, 1.807) is 12.1 Å². The first-order valence-corrected chi connectivity index (χ1v) is 7.95. The Kier molecular flexibility index (Phi) is 5.22. The van der Waals surface area contributed by atoms with Gasteiger partial charge in [-0.2, -0.15) is 8.78 Å². The van der Waals surface area contributed by atoms with Gasteiger partial charge in [0.05, 0.1) is 9.16 Å². The van der Waals surface area contributed by atoms with E-state index in [1.807, 2.05) is 6.07 Å². The zero-order valence-corrected chi connectivity index (χ0v) is 14.0. The molecule has 0 fully saturated rings. The van der Waals surface area contributed by atoms with Crippen molar-refractivity contribution in [3.05, 3.63) is 49.0 Å². The van der Waals surface area contributed by atoms with Crippen molar-refractivity contribution in [2.75, 3.05) is 0 Å². The van der Waals surface area contributed by atoms with Crippen LogP contribution in [0, 0.1) is 0 Å². The van der Waals surface area contributed by atoms with Gasteiger partial charge in [-0.1, -0.05) is 12.1 Å². The minimum atomic E-state index is -2.84. The predicted molar refractivity (Wildman–Crippen MR) is 80.5 cm³/mol. The van der Waals surface area contributed by atoms with Crippen molar-refractivity contribution in [2.24, 2.45) is 0 Å². The summed E-state index contributed by atoms with van der Waals surface area (Å²) in [6, 6.07) is 8.30. The fourth-order valence-corrected chi connectivity index (χ4v) is 3.93. The molecule has 1 heterocycles. The summed E-state index contributed by atoms with van der Waals surface area (Å²) in [5.74, 6) is 0.104. The summed E-state index contributed by atoms with van der Waals surface area (Å²) in [5.41, 5.74) is 0.709. The van der Waals surface area contributed by atoms with Crippen LogP contribution in [0.4, 0.5) is 8.78 Å². The van der Waals surface area contributed by atoms with E-state index in [-0.39, 0.29) is 5.75 Å². The highest BCUT2D eigenvalue weighted by Crippen LogP contribution is 2.40. The summed E-state index contributed by atoms with van der Waals surface area (Å²) in [6.45, 7) is -2.84. The van der Waals surface area contributed by atoms with E-state index >= 15 is 0 Å². The van der Waals surface area contributed by atoms with Gasteiger partial charge in [-0.25, -0.2) is 0 Å². The van der Waals surface area contributed by atoms with Gasteiger partial charge >= 0.3 is 6.61 Å². The molecule has 102 valence electrons. The third-order valence-corrected chi connectivity index (χ3v) is 6.23. The lowest BCUT2D eigenvalue weighted by atomic mass is 10.1. The second kappa shape index (κ2) is 6.52. The van der Waals surface area contributed by atoms with Gasteiger partial charge in [-0.3, -0.25) is 0 Å². The average Bonchev–Trinajstić information content (AvgIpc) is 2.68. The molecule has 0 aliphatic carbocycles. The Balaban J connectivity index is 2.25. The van der Waals surface area contributed by atoms with Gasteiger partial charge in [0.25, 0.3) is 0 Å².